The molecule has 5 atom stereocenters. The van der Waals surface area contributed by atoms with Gasteiger partial charge < -0.3 is 21.5 Å². The Labute approximate surface area is 202 Å². The van der Waals surface area contributed by atoms with Crippen molar-refractivity contribution in [2.24, 2.45) is 17.1 Å². The molecule has 188 valence electrons. The van der Waals surface area contributed by atoms with E-state index in [0.29, 0.717) is 11.4 Å². The van der Waals surface area contributed by atoms with Gasteiger partial charge in [-0.2, -0.15) is 13.2 Å². The second-order valence-electron chi connectivity index (χ2n) is 9.14. The van der Waals surface area contributed by atoms with E-state index in [0.717, 1.165) is 5.56 Å². The SMILES string of the molecule is CC(C)[C@H](NC(=O)[C@@H](NC(=O)[C@@H](N)Cc1cccc(Cl)c1)C1(C)C=CC=CC1)[C@H](O)C(F)(F)F. The van der Waals surface area contributed by atoms with Crippen LogP contribution >= 0.6 is 11.6 Å². The molecule has 1 aromatic carbocycles. The molecule has 5 N–H and O–H groups in total. The van der Waals surface area contributed by atoms with Crippen molar-refractivity contribution in [2.75, 3.05) is 0 Å². The Morgan fingerprint density at radius 2 is 1.88 bits per heavy atom. The van der Waals surface area contributed by atoms with Crippen LogP contribution in [-0.4, -0.2) is 47.3 Å². The molecule has 34 heavy (non-hydrogen) atoms. The number of alkyl halides is 3. The first-order valence-electron chi connectivity index (χ1n) is 10.9. The fourth-order valence-electron chi connectivity index (χ4n) is 3.81. The first-order valence-corrected chi connectivity index (χ1v) is 11.3. The number of aliphatic hydroxyl groups is 1. The molecule has 1 unspecified atom stereocenters. The van der Waals surface area contributed by atoms with Crippen molar-refractivity contribution in [1.29, 1.82) is 0 Å². The lowest BCUT2D eigenvalue weighted by Crippen LogP contribution is -2.62. The molecule has 0 saturated carbocycles. The van der Waals surface area contributed by atoms with Gasteiger partial charge in [0, 0.05) is 10.4 Å². The first-order chi connectivity index (χ1) is 15.7. The molecule has 1 aliphatic carbocycles. The summed E-state index contributed by atoms with van der Waals surface area (Å²) in [6.07, 6.45) is -0.188. The van der Waals surface area contributed by atoms with E-state index >= 15 is 0 Å². The summed E-state index contributed by atoms with van der Waals surface area (Å²) >= 11 is 5.98. The Bertz CT molecular complexity index is 936. The number of hydrogen-bond donors (Lipinski definition) is 4. The van der Waals surface area contributed by atoms with Crippen molar-refractivity contribution in [3.05, 3.63) is 59.2 Å². The summed E-state index contributed by atoms with van der Waals surface area (Å²) in [6, 6.07) is 2.97. The van der Waals surface area contributed by atoms with Gasteiger partial charge >= 0.3 is 6.18 Å². The molecule has 0 bridgehead atoms. The molecule has 1 aromatic rings. The van der Waals surface area contributed by atoms with Crippen LogP contribution in [0.4, 0.5) is 13.2 Å². The van der Waals surface area contributed by atoms with E-state index in [2.05, 4.69) is 10.6 Å². The van der Waals surface area contributed by atoms with Gasteiger partial charge in [0.1, 0.15) is 6.04 Å². The minimum atomic E-state index is -4.92. The highest BCUT2D eigenvalue weighted by molar-refractivity contribution is 6.30. The third kappa shape index (κ3) is 7.32. The lowest BCUT2D eigenvalue weighted by molar-refractivity contribution is -0.215. The number of nitrogens with two attached hydrogens (primary N) is 1. The van der Waals surface area contributed by atoms with Gasteiger partial charge in [-0.05, 0) is 36.5 Å². The number of nitrogens with one attached hydrogen (secondary N) is 2. The number of benzene rings is 1. The fourth-order valence-corrected chi connectivity index (χ4v) is 4.02. The van der Waals surface area contributed by atoms with E-state index < -0.39 is 53.6 Å². The molecule has 0 aromatic heterocycles. The van der Waals surface area contributed by atoms with E-state index in [1.807, 2.05) is 0 Å². The number of halogens is 4. The van der Waals surface area contributed by atoms with Crippen LogP contribution in [-0.2, 0) is 16.0 Å². The number of hydrogen-bond acceptors (Lipinski definition) is 4. The third-order valence-corrected chi connectivity index (χ3v) is 6.11. The molecule has 0 saturated heterocycles. The maximum absolute atomic E-state index is 13.2. The Morgan fingerprint density at radius 1 is 1.21 bits per heavy atom. The van der Waals surface area contributed by atoms with E-state index in [1.165, 1.54) is 13.8 Å². The molecular weight excluding hydrogens is 471 g/mol. The summed E-state index contributed by atoms with van der Waals surface area (Å²) in [4.78, 5) is 26.2. The van der Waals surface area contributed by atoms with E-state index in [-0.39, 0.29) is 6.42 Å². The highest BCUT2D eigenvalue weighted by atomic mass is 35.5. The van der Waals surface area contributed by atoms with Crippen molar-refractivity contribution in [3.8, 4) is 0 Å². The smallest absolute Gasteiger partial charge is 0.382 e. The lowest BCUT2D eigenvalue weighted by atomic mass is 9.76. The maximum Gasteiger partial charge on any atom is 0.416 e. The van der Waals surface area contributed by atoms with E-state index in [9.17, 15) is 27.9 Å². The van der Waals surface area contributed by atoms with E-state index in [1.54, 1.807) is 55.5 Å². The minimum Gasteiger partial charge on any atom is -0.382 e. The zero-order chi connectivity index (χ0) is 25.7. The van der Waals surface area contributed by atoms with Crippen molar-refractivity contribution >= 4 is 23.4 Å². The van der Waals surface area contributed by atoms with Crippen molar-refractivity contribution < 1.29 is 27.9 Å². The number of aliphatic hydroxyl groups excluding tert-OH is 1. The van der Waals surface area contributed by atoms with Crippen LogP contribution in [0.3, 0.4) is 0 Å². The standard InChI is InChI=1S/C24H31ClF3N3O3/c1-14(2)18(20(32)24(26,27)28)30-22(34)19(23(3)10-5-4-6-11-23)31-21(33)17(29)13-15-8-7-9-16(25)12-15/h4-10,12,14,17-20,32H,11,13,29H2,1-3H3,(H,30,34)(H,31,33)/t17-,18-,19+,20-,23?/m0/s1. The highest BCUT2D eigenvalue weighted by Crippen LogP contribution is 2.32. The van der Waals surface area contributed by atoms with Crippen molar-refractivity contribution in [2.45, 2.75) is 64.0 Å². The number of allylic oxidation sites excluding steroid dienone is 3. The maximum atomic E-state index is 13.2. The van der Waals surface area contributed by atoms with Gasteiger partial charge in [0.05, 0.1) is 12.1 Å². The third-order valence-electron chi connectivity index (χ3n) is 5.87. The summed E-state index contributed by atoms with van der Waals surface area (Å²) in [5.41, 5.74) is 5.86. The Kier molecular flexibility index (Phi) is 9.33. The summed E-state index contributed by atoms with van der Waals surface area (Å²) in [6.45, 7) is 4.63. The van der Waals surface area contributed by atoms with Crippen LogP contribution < -0.4 is 16.4 Å². The normalized spacial score (nSPS) is 21.6. The number of carbonyl (C=O) groups excluding carboxylic acids is 2. The number of amides is 2. The molecule has 1 aliphatic rings. The van der Waals surface area contributed by atoms with Crippen LogP contribution in [0.1, 0.15) is 32.8 Å². The van der Waals surface area contributed by atoms with Crippen LogP contribution in [0.5, 0.6) is 0 Å². The van der Waals surface area contributed by atoms with Crippen LogP contribution in [0, 0.1) is 11.3 Å². The molecule has 2 amide bonds. The van der Waals surface area contributed by atoms with Crippen molar-refractivity contribution in [3.63, 3.8) is 0 Å². The molecule has 6 nitrogen and oxygen atoms in total. The van der Waals surface area contributed by atoms with Crippen molar-refractivity contribution in [1.82, 2.24) is 10.6 Å². The molecule has 0 aliphatic heterocycles. The van der Waals surface area contributed by atoms with Gasteiger partial charge in [0.15, 0.2) is 6.10 Å². The summed E-state index contributed by atoms with van der Waals surface area (Å²) in [7, 11) is 0. The molecule has 0 heterocycles. The Morgan fingerprint density at radius 3 is 2.41 bits per heavy atom. The summed E-state index contributed by atoms with van der Waals surface area (Å²) in [5.74, 6) is -2.20. The topological polar surface area (TPSA) is 104 Å². The second-order valence-corrected chi connectivity index (χ2v) is 9.58. The van der Waals surface area contributed by atoms with Crippen LogP contribution in [0.2, 0.25) is 5.02 Å². The predicted octanol–water partition coefficient (Wildman–Crippen LogP) is 3.28. The van der Waals surface area contributed by atoms with E-state index in [4.69, 9.17) is 17.3 Å². The van der Waals surface area contributed by atoms with Gasteiger partial charge in [-0.15, -0.1) is 0 Å². The fraction of sp³-hybridized carbons (Fsp3) is 0.500. The molecular formula is C24H31ClF3N3O3. The van der Waals surface area contributed by atoms with Crippen LogP contribution in [0.15, 0.2) is 48.6 Å². The number of rotatable bonds is 9. The predicted molar refractivity (Wildman–Crippen MR) is 125 cm³/mol. The van der Waals surface area contributed by atoms with Crippen LogP contribution in [0.25, 0.3) is 0 Å². The zero-order valence-corrected chi connectivity index (χ0v) is 20.0. The lowest BCUT2D eigenvalue weighted by Gasteiger charge is -2.38. The molecule has 0 spiro atoms. The van der Waals surface area contributed by atoms with Gasteiger partial charge in [-0.25, -0.2) is 0 Å². The quantitative estimate of drug-likeness (QED) is 0.417. The number of carbonyl (C=O) groups is 2. The summed E-state index contributed by atoms with van der Waals surface area (Å²) < 4.78 is 39.5. The molecule has 10 heteroatoms. The molecule has 0 radical (unpaired) electrons. The average Bonchev–Trinajstić information content (AvgIpc) is 2.74. The first kappa shape index (κ1) is 27.9. The largest absolute Gasteiger partial charge is 0.416 e. The minimum absolute atomic E-state index is 0.147. The highest BCUT2D eigenvalue weighted by Gasteiger charge is 2.47. The summed E-state index contributed by atoms with van der Waals surface area (Å²) in [5, 5.41) is 15.2. The zero-order valence-electron chi connectivity index (χ0n) is 19.3. The van der Waals surface area contributed by atoms with Gasteiger partial charge in [0.2, 0.25) is 11.8 Å². The van der Waals surface area contributed by atoms with Gasteiger partial charge in [-0.1, -0.05) is 68.8 Å². The average molecular weight is 502 g/mol. The second kappa shape index (κ2) is 11.4. The van der Waals surface area contributed by atoms with Gasteiger partial charge in [-0.3, -0.25) is 9.59 Å². The van der Waals surface area contributed by atoms with Gasteiger partial charge in [0.25, 0.3) is 0 Å². The Balaban J connectivity index is 2.25. The molecule has 2 rings (SSSR count). The Hall–Kier alpha value is -2.36. The monoisotopic (exact) mass is 501 g/mol. The molecule has 0 fully saturated rings.